The Bertz CT molecular complexity index is 1240. The van der Waals surface area contributed by atoms with Gasteiger partial charge in [0.25, 0.3) is 5.91 Å². The van der Waals surface area contributed by atoms with E-state index in [1.807, 2.05) is 0 Å². The number of rotatable bonds is 5. The SMILES string of the molecule is Cc1nc(Nc2ccc(NC(=O)c3cccc(C(F)(F)F)c3)cc2)cc(-n2cccn2)n1. The molecule has 0 saturated heterocycles. The van der Waals surface area contributed by atoms with Gasteiger partial charge in [-0.1, -0.05) is 6.07 Å². The zero-order valence-corrected chi connectivity index (χ0v) is 16.8. The molecule has 1 amide bonds. The third-order valence-corrected chi connectivity index (χ3v) is 4.43. The average Bonchev–Trinajstić information content (AvgIpc) is 3.29. The molecule has 7 nitrogen and oxygen atoms in total. The molecule has 2 aromatic carbocycles. The first-order chi connectivity index (χ1) is 15.3. The zero-order chi connectivity index (χ0) is 22.7. The highest BCUT2D eigenvalue weighted by Gasteiger charge is 2.30. The quantitative estimate of drug-likeness (QED) is 0.459. The molecule has 0 fully saturated rings. The van der Waals surface area contributed by atoms with Gasteiger partial charge in [0.15, 0.2) is 5.82 Å². The number of benzene rings is 2. The van der Waals surface area contributed by atoms with Crippen LogP contribution in [0, 0.1) is 6.92 Å². The van der Waals surface area contributed by atoms with Crippen molar-refractivity contribution in [2.75, 3.05) is 10.6 Å². The largest absolute Gasteiger partial charge is 0.416 e. The molecule has 0 saturated carbocycles. The van der Waals surface area contributed by atoms with Crippen LogP contribution in [0.25, 0.3) is 5.82 Å². The fraction of sp³-hybridized carbons (Fsp3) is 0.0909. The molecule has 4 rings (SSSR count). The van der Waals surface area contributed by atoms with Gasteiger partial charge in [-0.25, -0.2) is 14.6 Å². The summed E-state index contributed by atoms with van der Waals surface area (Å²) < 4.78 is 40.2. The van der Waals surface area contributed by atoms with Gasteiger partial charge in [0.05, 0.1) is 5.56 Å². The molecule has 0 aliphatic heterocycles. The number of aromatic nitrogens is 4. The van der Waals surface area contributed by atoms with Gasteiger partial charge in [0, 0.05) is 35.4 Å². The highest BCUT2D eigenvalue weighted by molar-refractivity contribution is 6.04. The van der Waals surface area contributed by atoms with E-state index < -0.39 is 17.6 Å². The maximum atomic E-state index is 12.9. The van der Waals surface area contributed by atoms with Crippen LogP contribution in [0.4, 0.5) is 30.4 Å². The second-order valence-corrected chi connectivity index (χ2v) is 6.84. The first-order valence-corrected chi connectivity index (χ1v) is 9.49. The number of carbonyl (C=O) groups excluding carboxylic acids is 1. The predicted octanol–water partition coefficient (Wildman–Crippen LogP) is 4.99. The maximum Gasteiger partial charge on any atom is 0.416 e. The normalized spacial score (nSPS) is 11.2. The van der Waals surface area contributed by atoms with E-state index in [1.165, 1.54) is 12.1 Å². The van der Waals surface area contributed by atoms with E-state index in [4.69, 9.17) is 0 Å². The van der Waals surface area contributed by atoms with Crippen molar-refractivity contribution in [1.29, 1.82) is 0 Å². The Kier molecular flexibility index (Phi) is 5.59. The summed E-state index contributed by atoms with van der Waals surface area (Å²) in [6.45, 7) is 1.77. The van der Waals surface area contributed by atoms with Crippen LogP contribution in [0.15, 0.2) is 73.1 Å². The summed E-state index contributed by atoms with van der Waals surface area (Å²) in [6.07, 6.45) is -1.09. The van der Waals surface area contributed by atoms with Gasteiger partial charge >= 0.3 is 6.18 Å². The molecule has 32 heavy (non-hydrogen) atoms. The fourth-order valence-corrected chi connectivity index (χ4v) is 2.96. The minimum absolute atomic E-state index is 0.0790. The van der Waals surface area contributed by atoms with Gasteiger partial charge in [-0.05, 0) is 55.5 Å². The van der Waals surface area contributed by atoms with Crippen LogP contribution in [-0.4, -0.2) is 25.7 Å². The van der Waals surface area contributed by atoms with Crippen molar-refractivity contribution in [3.05, 3.63) is 90.0 Å². The lowest BCUT2D eigenvalue weighted by Crippen LogP contribution is -2.13. The van der Waals surface area contributed by atoms with Crippen LogP contribution in [0.2, 0.25) is 0 Å². The van der Waals surface area contributed by atoms with Gasteiger partial charge in [-0.15, -0.1) is 0 Å². The van der Waals surface area contributed by atoms with E-state index >= 15 is 0 Å². The van der Waals surface area contributed by atoms with E-state index in [9.17, 15) is 18.0 Å². The minimum Gasteiger partial charge on any atom is -0.340 e. The van der Waals surface area contributed by atoms with E-state index in [1.54, 1.807) is 60.4 Å². The lowest BCUT2D eigenvalue weighted by Gasteiger charge is -2.11. The van der Waals surface area contributed by atoms with Crippen molar-refractivity contribution in [3.8, 4) is 5.82 Å². The van der Waals surface area contributed by atoms with Crippen molar-refractivity contribution >= 4 is 23.1 Å². The molecule has 2 heterocycles. The third-order valence-electron chi connectivity index (χ3n) is 4.43. The molecular weight excluding hydrogens is 421 g/mol. The van der Waals surface area contributed by atoms with Crippen molar-refractivity contribution in [3.63, 3.8) is 0 Å². The summed E-state index contributed by atoms with van der Waals surface area (Å²) in [5.41, 5.74) is 0.185. The molecule has 0 atom stereocenters. The Hall–Kier alpha value is -4.21. The predicted molar refractivity (Wildman–Crippen MR) is 113 cm³/mol. The topological polar surface area (TPSA) is 84.7 Å². The van der Waals surface area contributed by atoms with Crippen molar-refractivity contribution in [2.45, 2.75) is 13.1 Å². The van der Waals surface area contributed by atoms with E-state index in [0.717, 1.165) is 12.1 Å². The highest BCUT2D eigenvalue weighted by Crippen LogP contribution is 2.29. The summed E-state index contributed by atoms with van der Waals surface area (Å²) in [5, 5.41) is 9.90. The number of hydrogen-bond donors (Lipinski definition) is 2. The second kappa shape index (κ2) is 8.50. The van der Waals surface area contributed by atoms with Gasteiger partial charge in [0.2, 0.25) is 0 Å². The van der Waals surface area contributed by atoms with E-state index in [-0.39, 0.29) is 5.56 Å². The number of alkyl halides is 3. The third kappa shape index (κ3) is 4.91. The van der Waals surface area contributed by atoms with Gasteiger partial charge < -0.3 is 10.6 Å². The molecule has 0 bridgehead atoms. The average molecular weight is 438 g/mol. The molecule has 10 heteroatoms. The van der Waals surface area contributed by atoms with Gasteiger partial charge in [-0.2, -0.15) is 18.3 Å². The summed E-state index contributed by atoms with van der Waals surface area (Å²) in [6, 6.07) is 14.5. The molecule has 2 aromatic heterocycles. The fourth-order valence-electron chi connectivity index (χ4n) is 2.96. The molecule has 2 N–H and O–H groups in total. The molecule has 0 spiro atoms. The number of nitrogens with one attached hydrogen (secondary N) is 2. The van der Waals surface area contributed by atoms with E-state index in [0.29, 0.717) is 28.8 Å². The molecular formula is C22H17F3N6O. The number of anilines is 3. The molecule has 162 valence electrons. The van der Waals surface area contributed by atoms with Crippen LogP contribution in [-0.2, 0) is 6.18 Å². The number of aryl methyl sites for hydroxylation is 1. The van der Waals surface area contributed by atoms with Crippen LogP contribution in [0.5, 0.6) is 0 Å². The number of hydrogen-bond acceptors (Lipinski definition) is 5. The number of halogens is 3. The number of nitrogens with zero attached hydrogens (tertiary/aromatic N) is 4. The molecule has 0 radical (unpaired) electrons. The molecule has 0 aliphatic carbocycles. The van der Waals surface area contributed by atoms with Gasteiger partial charge in [0.1, 0.15) is 11.6 Å². The van der Waals surface area contributed by atoms with Crippen molar-refractivity contribution < 1.29 is 18.0 Å². The standard InChI is InChI=1S/C22H17F3N6O/c1-14-27-19(13-20(28-14)31-11-3-10-26-31)29-17-6-8-18(9-7-17)30-21(32)15-4-2-5-16(12-15)22(23,24)25/h2-13H,1H3,(H,30,32)(H,27,28,29). The van der Waals surface area contributed by atoms with Crippen molar-refractivity contribution in [2.24, 2.45) is 0 Å². The van der Waals surface area contributed by atoms with Gasteiger partial charge in [-0.3, -0.25) is 4.79 Å². The Morgan fingerprint density at radius 1 is 0.969 bits per heavy atom. The second-order valence-electron chi connectivity index (χ2n) is 6.84. The Morgan fingerprint density at radius 2 is 1.72 bits per heavy atom. The maximum absolute atomic E-state index is 12.9. The van der Waals surface area contributed by atoms with Crippen molar-refractivity contribution in [1.82, 2.24) is 19.7 Å². The summed E-state index contributed by atoms with van der Waals surface area (Å²) in [4.78, 5) is 21.0. The molecule has 0 aliphatic rings. The smallest absolute Gasteiger partial charge is 0.340 e. The summed E-state index contributed by atoms with van der Waals surface area (Å²) >= 11 is 0. The lowest BCUT2D eigenvalue weighted by atomic mass is 10.1. The summed E-state index contributed by atoms with van der Waals surface area (Å²) in [7, 11) is 0. The first-order valence-electron chi connectivity index (χ1n) is 9.49. The highest BCUT2D eigenvalue weighted by atomic mass is 19.4. The Labute approximate surface area is 181 Å². The zero-order valence-electron chi connectivity index (χ0n) is 16.8. The number of amides is 1. The monoisotopic (exact) mass is 438 g/mol. The van der Waals surface area contributed by atoms with Crippen LogP contribution >= 0.6 is 0 Å². The summed E-state index contributed by atoms with van der Waals surface area (Å²) in [5.74, 6) is 1.09. The molecule has 4 aromatic rings. The van der Waals surface area contributed by atoms with Crippen LogP contribution in [0.3, 0.4) is 0 Å². The lowest BCUT2D eigenvalue weighted by molar-refractivity contribution is -0.137. The number of carbonyl (C=O) groups is 1. The van der Waals surface area contributed by atoms with E-state index in [2.05, 4.69) is 25.7 Å². The van der Waals surface area contributed by atoms with Crippen LogP contribution < -0.4 is 10.6 Å². The first kappa shape index (κ1) is 21.0. The Balaban J connectivity index is 1.46. The Morgan fingerprint density at radius 3 is 2.41 bits per heavy atom. The molecule has 0 unspecified atom stereocenters. The minimum atomic E-state index is -4.51. The van der Waals surface area contributed by atoms with Crippen LogP contribution in [0.1, 0.15) is 21.7 Å².